The number of nitrogens with one attached hydrogen (secondary N) is 3. The summed E-state index contributed by atoms with van der Waals surface area (Å²) in [5.74, 6) is -0.807. The number of anilines is 1. The number of hydrogen-bond acceptors (Lipinski definition) is 4. The first-order valence-electron chi connectivity index (χ1n) is 9.49. The smallest absolute Gasteiger partial charge is 0.264 e. The normalized spacial score (nSPS) is 26.4. The number of amides is 2. The van der Waals surface area contributed by atoms with E-state index in [0.717, 1.165) is 0 Å². The zero-order valence-corrected chi connectivity index (χ0v) is 14.8. The van der Waals surface area contributed by atoms with E-state index in [-0.39, 0.29) is 23.3 Å². The highest BCUT2D eigenvalue weighted by Gasteiger charge is 2.41. The van der Waals surface area contributed by atoms with Crippen molar-refractivity contribution < 1.29 is 14.7 Å². The molecule has 4 rings (SSSR count). The Morgan fingerprint density at radius 2 is 1.81 bits per heavy atom. The molecule has 2 fully saturated rings. The Hall–Kier alpha value is -2.34. The van der Waals surface area contributed by atoms with Gasteiger partial charge in [-0.2, -0.15) is 0 Å². The molecular weight excluding hydrogens is 330 g/mol. The second kappa shape index (κ2) is 7.11. The Bertz CT molecular complexity index is 735. The van der Waals surface area contributed by atoms with Gasteiger partial charge in [0.15, 0.2) is 0 Å². The quantitative estimate of drug-likeness (QED) is 0.626. The number of rotatable bonds is 3. The maximum absolute atomic E-state index is 12.6. The zero-order valence-electron chi connectivity index (χ0n) is 14.8. The highest BCUT2D eigenvalue weighted by molar-refractivity contribution is 6.23. The molecule has 2 unspecified atom stereocenters. The van der Waals surface area contributed by atoms with E-state index >= 15 is 0 Å². The van der Waals surface area contributed by atoms with Crippen LogP contribution in [0.2, 0.25) is 0 Å². The summed E-state index contributed by atoms with van der Waals surface area (Å²) in [6, 6.07) is 7.71. The van der Waals surface area contributed by atoms with E-state index in [4.69, 9.17) is 0 Å². The predicted molar refractivity (Wildman–Crippen MR) is 98.8 cm³/mol. The molecule has 0 aromatic heterocycles. The molecule has 2 atom stereocenters. The van der Waals surface area contributed by atoms with Gasteiger partial charge in [-0.3, -0.25) is 9.59 Å². The van der Waals surface area contributed by atoms with Gasteiger partial charge in [0.05, 0.1) is 12.0 Å². The van der Waals surface area contributed by atoms with Gasteiger partial charge in [0, 0.05) is 18.8 Å². The lowest BCUT2D eigenvalue weighted by Gasteiger charge is -2.26. The van der Waals surface area contributed by atoms with Crippen LogP contribution in [0, 0.1) is 5.92 Å². The molecule has 4 N–H and O–H groups in total. The first-order chi connectivity index (χ1) is 12.6. The highest BCUT2D eigenvalue weighted by Crippen LogP contribution is 2.33. The van der Waals surface area contributed by atoms with E-state index in [1.54, 1.807) is 0 Å². The van der Waals surface area contributed by atoms with E-state index in [9.17, 15) is 14.7 Å². The van der Waals surface area contributed by atoms with Crippen LogP contribution in [0.5, 0.6) is 0 Å². The van der Waals surface area contributed by atoms with E-state index in [2.05, 4.69) is 28.1 Å². The van der Waals surface area contributed by atoms with Gasteiger partial charge >= 0.3 is 0 Å². The molecule has 6 nitrogen and oxygen atoms in total. The van der Waals surface area contributed by atoms with Gasteiger partial charge < -0.3 is 21.1 Å². The summed E-state index contributed by atoms with van der Waals surface area (Å²) < 4.78 is 0. The van der Waals surface area contributed by atoms with Crippen molar-refractivity contribution in [2.45, 2.75) is 44.1 Å². The number of aliphatic hydroxyl groups is 1. The Balaban J connectivity index is 1.47. The van der Waals surface area contributed by atoms with Crippen LogP contribution >= 0.6 is 0 Å². The van der Waals surface area contributed by atoms with Crippen molar-refractivity contribution in [3.05, 3.63) is 41.2 Å². The summed E-state index contributed by atoms with van der Waals surface area (Å²) in [6.07, 6.45) is 6.33. The number of benzene rings is 1. The Labute approximate surface area is 153 Å². The average molecular weight is 355 g/mol. The zero-order chi connectivity index (χ0) is 18.1. The molecule has 6 heteroatoms. The molecule has 0 spiro atoms. The topological polar surface area (TPSA) is 90.5 Å². The number of carbonyl (C=O) groups is 2. The standard InChI is InChI=1S/C20H25N3O3/c24-18-15-10-21-11-16(15)23-20(26)17(18)19(25)22-14-8-6-13(7-9-14)12-4-2-1-3-5-12/h6-9,12,15-16,21,24H,1-5,10-11H2,(H,22,25)(H,23,26). The molecule has 3 aliphatic rings. The highest BCUT2D eigenvalue weighted by atomic mass is 16.3. The molecule has 1 saturated heterocycles. The fraction of sp³-hybridized carbons (Fsp3) is 0.500. The van der Waals surface area contributed by atoms with Crippen LogP contribution in [-0.4, -0.2) is 36.1 Å². The van der Waals surface area contributed by atoms with E-state index in [1.807, 2.05) is 12.1 Å². The first-order valence-corrected chi connectivity index (χ1v) is 9.49. The van der Waals surface area contributed by atoms with Crippen molar-refractivity contribution in [1.82, 2.24) is 10.6 Å². The maximum Gasteiger partial charge on any atom is 0.264 e. The Kier molecular flexibility index (Phi) is 4.68. The molecule has 1 aliphatic carbocycles. The van der Waals surface area contributed by atoms with E-state index in [1.165, 1.54) is 37.7 Å². The van der Waals surface area contributed by atoms with Crippen molar-refractivity contribution >= 4 is 17.5 Å². The maximum atomic E-state index is 12.6. The van der Waals surface area contributed by atoms with Crippen LogP contribution < -0.4 is 16.0 Å². The number of aliphatic hydroxyl groups excluding tert-OH is 1. The fourth-order valence-electron chi connectivity index (χ4n) is 4.35. The largest absolute Gasteiger partial charge is 0.511 e. The van der Waals surface area contributed by atoms with Gasteiger partial charge in [0.25, 0.3) is 11.8 Å². The lowest BCUT2D eigenvalue weighted by atomic mass is 9.84. The van der Waals surface area contributed by atoms with Crippen molar-refractivity contribution in [1.29, 1.82) is 0 Å². The van der Waals surface area contributed by atoms with Crippen molar-refractivity contribution in [3.8, 4) is 0 Å². The molecule has 138 valence electrons. The minimum Gasteiger partial charge on any atom is -0.511 e. The summed E-state index contributed by atoms with van der Waals surface area (Å²) in [6.45, 7) is 1.17. The predicted octanol–water partition coefficient (Wildman–Crippen LogP) is 2.20. The monoisotopic (exact) mass is 355 g/mol. The lowest BCUT2D eigenvalue weighted by Crippen LogP contribution is -2.48. The molecule has 1 aromatic rings. The first kappa shape index (κ1) is 17.1. The van der Waals surface area contributed by atoms with Crippen LogP contribution in [0.4, 0.5) is 5.69 Å². The Morgan fingerprint density at radius 1 is 1.08 bits per heavy atom. The Morgan fingerprint density at radius 3 is 2.54 bits per heavy atom. The van der Waals surface area contributed by atoms with Crippen LogP contribution in [0.3, 0.4) is 0 Å². The fourth-order valence-corrected chi connectivity index (χ4v) is 4.35. The SMILES string of the molecule is O=C(Nc1ccc(C2CCCCC2)cc1)C1=C(O)C2CNCC2NC1=O. The number of fused-ring (bicyclic) bond motifs is 1. The third-order valence-corrected chi connectivity index (χ3v) is 5.84. The molecule has 0 radical (unpaired) electrons. The minimum absolute atomic E-state index is 0.111. The molecule has 26 heavy (non-hydrogen) atoms. The summed E-state index contributed by atoms with van der Waals surface area (Å²) in [4.78, 5) is 24.8. The number of hydrogen-bond donors (Lipinski definition) is 4. The van der Waals surface area contributed by atoms with Gasteiger partial charge in [-0.1, -0.05) is 31.4 Å². The molecule has 1 saturated carbocycles. The molecule has 1 aromatic carbocycles. The second-order valence-corrected chi connectivity index (χ2v) is 7.52. The van der Waals surface area contributed by atoms with Crippen molar-refractivity contribution in [3.63, 3.8) is 0 Å². The minimum atomic E-state index is -0.559. The van der Waals surface area contributed by atoms with Crippen LogP contribution in [0.1, 0.15) is 43.6 Å². The molecule has 2 heterocycles. The van der Waals surface area contributed by atoms with Gasteiger partial charge in [-0.25, -0.2) is 0 Å². The van der Waals surface area contributed by atoms with E-state index in [0.29, 0.717) is 24.7 Å². The molecular formula is C20H25N3O3. The molecule has 2 aliphatic heterocycles. The van der Waals surface area contributed by atoms with Gasteiger partial charge in [-0.05, 0) is 36.5 Å². The summed E-state index contributed by atoms with van der Waals surface area (Å²) >= 11 is 0. The third kappa shape index (κ3) is 3.21. The summed E-state index contributed by atoms with van der Waals surface area (Å²) in [5.41, 5.74) is 1.76. The van der Waals surface area contributed by atoms with Crippen LogP contribution in [0.25, 0.3) is 0 Å². The average Bonchev–Trinajstić information content (AvgIpc) is 3.12. The molecule has 0 bridgehead atoms. The van der Waals surface area contributed by atoms with Crippen molar-refractivity contribution in [2.75, 3.05) is 18.4 Å². The van der Waals surface area contributed by atoms with Crippen LogP contribution in [-0.2, 0) is 9.59 Å². The second-order valence-electron chi connectivity index (χ2n) is 7.52. The summed E-state index contributed by atoms with van der Waals surface area (Å²) in [5, 5.41) is 19.1. The van der Waals surface area contributed by atoms with Gasteiger partial charge in [0.1, 0.15) is 11.3 Å². The number of carbonyl (C=O) groups excluding carboxylic acids is 2. The van der Waals surface area contributed by atoms with Gasteiger partial charge in [0.2, 0.25) is 0 Å². The van der Waals surface area contributed by atoms with Crippen LogP contribution in [0.15, 0.2) is 35.6 Å². The lowest BCUT2D eigenvalue weighted by molar-refractivity contribution is -0.123. The third-order valence-electron chi connectivity index (χ3n) is 5.84. The van der Waals surface area contributed by atoms with Gasteiger partial charge in [-0.15, -0.1) is 0 Å². The van der Waals surface area contributed by atoms with Crippen molar-refractivity contribution in [2.24, 2.45) is 5.92 Å². The molecule has 2 amide bonds. The summed E-state index contributed by atoms with van der Waals surface area (Å²) in [7, 11) is 0. The van der Waals surface area contributed by atoms with E-state index < -0.39 is 11.8 Å².